The van der Waals surface area contributed by atoms with E-state index in [0.29, 0.717) is 21.7 Å². The van der Waals surface area contributed by atoms with E-state index < -0.39 is 12.6 Å². The van der Waals surface area contributed by atoms with Gasteiger partial charge in [-0.2, -0.15) is 13.2 Å². The van der Waals surface area contributed by atoms with Crippen molar-refractivity contribution in [2.75, 3.05) is 24.5 Å². The highest BCUT2D eigenvalue weighted by Crippen LogP contribution is 2.38. The van der Waals surface area contributed by atoms with E-state index in [4.69, 9.17) is 0 Å². The highest BCUT2D eigenvalue weighted by Gasteiger charge is 2.42. The van der Waals surface area contributed by atoms with Gasteiger partial charge >= 0.3 is 6.18 Å². The normalized spacial score (nSPS) is 22.5. The first kappa shape index (κ1) is 18.8. The van der Waals surface area contributed by atoms with Crippen LogP contribution in [0.25, 0.3) is 10.2 Å². The van der Waals surface area contributed by atoms with Crippen molar-refractivity contribution in [3.63, 3.8) is 0 Å². The molecule has 2 aromatic heterocycles. The first-order chi connectivity index (χ1) is 14.0. The molecule has 5 rings (SSSR count). The minimum Gasteiger partial charge on any atom is -0.354 e. The lowest BCUT2D eigenvalue weighted by atomic mass is 9.82. The second-order valence-electron chi connectivity index (χ2n) is 7.90. The van der Waals surface area contributed by atoms with Crippen LogP contribution in [0, 0.1) is 5.92 Å². The van der Waals surface area contributed by atoms with Gasteiger partial charge < -0.3 is 4.90 Å². The number of likely N-dealkylation sites (tertiary alicyclic amines) is 1. The molecule has 0 spiro atoms. The van der Waals surface area contributed by atoms with Crippen LogP contribution in [0.2, 0.25) is 0 Å². The molecule has 0 N–H and O–H groups in total. The third kappa shape index (κ3) is 3.83. The molecule has 8 heteroatoms. The predicted molar refractivity (Wildman–Crippen MR) is 108 cm³/mol. The minimum absolute atomic E-state index is 0.290. The highest BCUT2D eigenvalue weighted by atomic mass is 32.1. The van der Waals surface area contributed by atoms with Crippen LogP contribution in [0.15, 0.2) is 42.7 Å². The van der Waals surface area contributed by atoms with E-state index >= 15 is 0 Å². The largest absolute Gasteiger partial charge is 0.393 e. The maximum atomic E-state index is 12.8. The van der Waals surface area contributed by atoms with E-state index in [2.05, 4.69) is 44.0 Å². The quantitative estimate of drug-likeness (QED) is 0.624. The van der Waals surface area contributed by atoms with Crippen LogP contribution in [0.1, 0.15) is 16.9 Å². The van der Waals surface area contributed by atoms with Gasteiger partial charge in [0.25, 0.3) is 0 Å². The predicted octanol–water partition coefficient (Wildman–Crippen LogP) is 4.51. The first-order valence-corrected chi connectivity index (χ1v) is 10.6. The molecule has 0 unspecified atom stereocenters. The Morgan fingerprint density at radius 3 is 2.72 bits per heavy atom. The van der Waals surface area contributed by atoms with E-state index in [-0.39, 0.29) is 0 Å². The van der Waals surface area contributed by atoms with Gasteiger partial charge in [-0.15, -0.1) is 11.3 Å². The number of thiophene rings is 1. The van der Waals surface area contributed by atoms with Gasteiger partial charge in [-0.1, -0.05) is 30.3 Å². The fraction of sp³-hybridized carbons (Fsp3) is 0.429. The summed E-state index contributed by atoms with van der Waals surface area (Å²) in [5, 5.41) is 0.740. The summed E-state index contributed by atoms with van der Waals surface area (Å²) >= 11 is 1.11. The summed E-state index contributed by atoms with van der Waals surface area (Å²) in [7, 11) is 0. The van der Waals surface area contributed by atoms with Gasteiger partial charge in [0.15, 0.2) is 0 Å². The highest BCUT2D eigenvalue weighted by molar-refractivity contribution is 7.18. The van der Waals surface area contributed by atoms with Gasteiger partial charge in [0.1, 0.15) is 17.0 Å². The van der Waals surface area contributed by atoms with Gasteiger partial charge in [0, 0.05) is 37.1 Å². The third-order valence-electron chi connectivity index (χ3n) is 5.92. The van der Waals surface area contributed by atoms with Crippen LogP contribution in [0.4, 0.5) is 19.0 Å². The number of halogens is 3. The molecule has 29 heavy (non-hydrogen) atoms. The Bertz CT molecular complexity index is 1000. The Kier molecular flexibility index (Phi) is 4.70. The maximum Gasteiger partial charge on any atom is 0.393 e. The molecule has 0 saturated carbocycles. The summed E-state index contributed by atoms with van der Waals surface area (Å²) in [5.41, 5.74) is 1.31. The van der Waals surface area contributed by atoms with Crippen LogP contribution >= 0.6 is 11.3 Å². The number of anilines is 1. The lowest BCUT2D eigenvalue weighted by molar-refractivity contribution is -0.126. The maximum absolute atomic E-state index is 12.8. The standard InChI is InChI=1S/C21H21F3N4S/c22-21(23,24)9-16-8-17-19(25-13-26-20(17)29-16)27-7-6-15-11-28(18(15)12-27)10-14-4-2-1-3-5-14/h1-5,8,13,15,18H,6-7,9-12H2/t15-,18-/m1/s1. The number of nitrogens with zero attached hydrogens (tertiary/aromatic N) is 4. The Labute approximate surface area is 171 Å². The Morgan fingerprint density at radius 1 is 1.10 bits per heavy atom. The zero-order valence-corrected chi connectivity index (χ0v) is 16.6. The molecule has 4 nitrogen and oxygen atoms in total. The number of piperidine rings is 1. The van der Waals surface area contributed by atoms with Crippen molar-refractivity contribution in [2.45, 2.75) is 31.6 Å². The second-order valence-corrected chi connectivity index (χ2v) is 9.01. The number of hydrogen-bond acceptors (Lipinski definition) is 5. The number of hydrogen-bond donors (Lipinski definition) is 0. The summed E-state index contributed by atoms with van der Waals surface area (Å²) in [5.74, 6) is 1.46. The van der Waals surface area contributed by atoms with E-state index in [9.17, 15) is 13.2 Å². The summed E-state index contributed by atoms with van der Waals surface area (Å²) in [6.07, 6.45) is -2.57. The molecule has 3 aromatic rings. The Balaban J connectivity index is 1.35. The molecule has 0 bridgehead atoms. The zero-order valence-electron chi connectivity index (χ0n) is 15.8. The van der Waals surface area contributed by atoms with Crippen molar-refractivity contribution in [1.29, 1.82) is 0 Å². The Morgan fingerprint density at radius 2 is 1.93 bits per heavy atom. The lowest BCUT2D eigenvalue weighted by Gasteiger charge is -2.54. The van der Waals surface area contributed by atoms with Gasteiger partial charge in [0.2, 0.25) is 0 Å². The SMILES string of the molecule is FC(F)(F)Cc1cc2c(N3CC[C@@H]4CN(Cc5ccccc5)[C@@H]4C3)ncnc2s1. The number of aromatic nitrogens is 2. The van der Waals surface area contributed by atoms with Crippen LogP contribution in [-0.4, -0.2) is 46.7 Å². The summed E-state index contributed by atoms with van der Waals surface area (Å²) in [6.45, 7) is 3.79. The monoisotopic (exact) mass is 418 g/mol. The molecular weight excluding hydrogens is 397 g/mol. The summed E-state index contributed by atoms with van der Waals surface area (Å²) in [4.78, 5) is 14.3. The van der Waals surface area contributed by atoms with Crippen molar-refractivity contribution in [1.82, 2.24) is 14.9 Å². The molecule has 0 radical (unpaired) electrons. The number of benzene rings is 1. The fourth-order valence-electron chi connectivity index (χ4n) is 4.53. The smallest absolute Gasteiger partial charge is 0.354 e. The first-order valence-electron chi connectivity index (χ1n) is 9.79. The van der Waals surface area contributed by atoms with Gasteiger partial charge in [-0.3, -0.25) is 4.90 Å². The average Bonchev–Trinajstić information content (AvgIpc) is 3.07. The van der Waals surface area contributed by atoms with E-state index in [1.54, 1.807) is 6.07 Å². The topological polar surface area (TPSA) is 32.3 Å². The van der Waals surface area contributed by atoms with Crippen molar-refractivity contribution in [3.8, 4) is 0 Å². The molecule has 2 aliphatic heterocycles. The minimum atomic E-state index is -4.21. The molecule has 2 fully saturated rings. The van der Waals surface area contributed by atoms with Crippen molar-refractivity contribution in [2.24, 2.45) is 5.92 Å². The summed E-state index contributed by atoms with van der Waals surface area (Å²) < 4.78 is 38.4. The third-order valence-corrected chi connectivity index (χ3v) is 6.96. The second kappa shape index (κ2) is 7.25. The number of rotatable bonds is 4. The lowest BCUT2D eigenvalue weighted by Crippen LogP contribution is -2.63. The molecule has 2 aliphatic rings. The molecule has 4 heterocycles. The molecule has 1 aromatic carbocycles. The van der Waals surface area contributed by atoms with Gasteiger partial charge in [-0.05, 0) is 24.0 Å². The molecule has 2 saturated heterocycles. The van der Waals surface area contributed by atoms with Crippen LogP contribution in [0.5, 0.6) is 0 Å². The molecular formula is C21H21F3N4S. The average molecular weight is 418 g/mol. The number of fused-ring (bicyclic) bond motifs is 2. The van der Waals surface area contributed by atoms with Crippen molar-refractivity contribution >= 4 is 27.4 Å². The van der Waals surface area contributed by atoms with E-state index in [1.807, 2.05) is 6.07 Å². The summed E-state index contributed by atoms with van der Waals surface area (Å²) in [6, 6.07) is 12.5. The van der Waals surface area contributed by atoms with Crippen molar-refractivity contribution < 1.29 is 13.2 Å². The van der Waals surface area contributed by atoms with Crippen LogP contribution in [0.3, 0.4) is 0 Å². The fourth-order valence-corrected chi connectivity index (χ4v) is 5.55. The number of alkyl halides is 3. The van der Waals surface area contributed by atoms with Crippen LogP contribution in [-0.2, 0) is 13.0 Å². The molecule has 0 amide bonds. The van der Waals surface area contributed by atoms with Gasteiger partial charge in [-0.25, -0.2) is 9.97 Å². The van der Waals surface area contributed by atoms with E-state index in [0.717, 1.165) is 55.1 Å². The zero-order chi connectivity index (χ0) is 20.0. The molecule has 2 atom stereocenters. The van der Waals surface area contributed by atoms with Gasteiger partial charge in [0.05, 0.1) is 11.8 Å². The Hall–Kier alpha value is -2.19. The molecule has 0 aliphatic carbocycles. The van der Waals surface area contributed by atoms with E-state index in [1.165, 1.54) is 11.9 Å². The molecule has 152 valence electrons. The van der Waals surface area contributed by atoms with Crippen molar-refractivity contribution in [3.05, 3.63) is 53.2 Å². The van der Waals surface area contributed by atoms with Crippen LogP contribution < -0.4 is 4.90 Å².